The lowest BCUT2D eigenvalue weighted by Crippen LogP contribution is -2.30. The fraction of sp³-hybridized carbons (Fsp3) is 0.613. The molecule has 0 rings (SSSR count). The van der Waals surface area contributed by atoms with Crippen molar-refractivity contribution in [3.63, 3.8) is 0 Å². The summed E-state index contributed by atoms with van der Waals surface area (Å²) < 4.78 is 16.9. The minimum atomic E-state index is -0.807. The van der Waals surface area contributed by atoms with Crippen LogP contribution in [0.2, 0.25) is 0 Å². The largest absolute Gasteiger partial charge is 0.462 e. The average Bonchev–Trinajstić information content (AvgIpc) is 3.46. The van der Waals surface area contributed by atoms with E-state index in [-0.39, 0.29) is 31.1 Å². The quantitative estimate of drug-likeness (QED) is 0.0261. The van der Waals surface area contributed by atoms with Crippen LogP contribution in [0.1, 0.15) is 278 Å². The molecule has 0 aliphatic rings. The van der Waals surface area contributed by atoms with Gasteiger partial charge in [-0.3, -0.25) is 14.4 Å². The van der Waals surface area contributed by atoms with Crippen molar-refractivity contribution < 1.29 is 28.6 Å². The Kier molecular flexibility index (Phi) is 63.4. The van der Waals surface area contributed by atoms with Gasteiger partial charge in [0.1, 0.15) is 13.2 Å². The van der Waals surface area contributed by atoms with Gasteiger partial charge < -0.3 is 14.2 Å². The molecule has 0 aliphatic carbocycles. The highest BCUT2D eigenvalue weighted by atomic mass is 16.6. The van der Waals surface area contributed by atoms with Gasteiger partial charge in [-0.15, -0.1) is 0 Å². The number of ether oxygens (including phenoxy) is 3. The molecule has 0 saturated heterocycles. The van der Waals surface area contributed by atoms with E-state index in [2.05, 4.69) is 179 Å². The molecule has 0 bridgehead atoms. The van der Waals surface area contributed by atoms with Crippen molar-refractivity contribution in [1.82, 2.24) is 0 Å². The fourth-order valence-corrected chi connectivity index (χ4v) is 8.66. The van der Waals surface area contributed by atoms with Crippen LogP contribution in [0.4, 0.5) is 0 Å². The van der Waals surface area contributed by atoms with Gasteiger partial charge in [-0.05, 0) is 128 Å². The molecule has 1 atom stereocenters. The summed E-state index contributed by atoms with van der Waals surface area (Å²) in [5.74, 6) is -0.943. The second kappa shape index (κ2) is 67.5. The molecule has 0 aromatic carbocycles. The van der Waals surface area contributed by atoms with Gasteiger partial charge >= 0.3 is 17.9 Å². The van der Waals surface area contributed by atoms with Crippen LogP contribution >= 0.6 is 0 Å². The topological polar surface area (TPSA) is 78.9 Å². The van der Waals surface area contributed by atoms with Gasteiger partial charge in [0.15, 0.2) is 6.10 Å². The zero-order valence-electron chi connectivity index (χ0n) is 52.2. The van der Waals surface area contributed by atoms with Gasteiger partial charge in [0, 0.05) is 19.3 Å². The van der Waals surface area contributed by atoms with E-state index in [4.69, 9.17) is 14.2 Å². The Morgan fingerprint density at radius 1 is 0.259 bits per heavy atom. The van der Waals surface area contributed by atoms with Crippen molar-refractivity contribution in [2.75, 3.05) is 13.2 Å². The first-order chi connectivity index (χ1) is 40.0. The number of hydrogen-bond acceptors (Lipinski definition) is 6. The Balaban J connectivity index is 4.44. The van der Waals surface area contributed by atoms with Crippen LogP contribution in [0, 0.1) is 0 Å². The van der Waals surface area contributed by atoms with Gasteiger partial charge in [-0.1, -0.05) is 288 Å². The molecular weight excluding hydrogens is 997 g/mol. The van der Waals surface area contributed by atoms with E-state index in [1.165, 1.54) is 64.2 Å². The minimum absolute atomic E-state index is 0.0983. The number of rotatable bonds is 58. The molecule has 0 fully saturated rings. The molecule has 6 heteroatoms. The normalized spacial score (nSPS) is 13.2. The van der Waals surface area contributed by atoms with Gasteiger partial charge in [0.2, 0.25) is 0 Å². The molecule has 0 N–H and O–H groups in total. The monoisotopic (exact) mass is 1120 g/mol. The first-order valence-corrected chi connectivity index (χ1v) is 33.0. The third-order valence-corrected chi connectivity index (χ3v) is 13.5. The van der Waals surface area contributed by atoms with E-state index in [1.807, 2.05) is 0 Å². The van der Waals surface area contributed by atoms with Crippen molar-refractivity contribution >= 4 is 17.9 Å². The first-order valence-electron chi connectivity index (χ1n) is 33.0. The molecule has 6 nitrogen and oxygen atoms in total. The van der Waals surface area contributed by atoms with Gasteiger partial charge in [-0.2, -0.15) is 0 Å². The molecule has 0 radical (unpaired) electrons. The SMILES string of the molecule is CC/C=C\C/C=C\C/C=C\C/C=C\C/C=C\C/C=C\C/C=C\C/C=C\CCCCCCC(=O)OCC(COC(=O)CCCCCCCCCCCCCCC)OC(=O)CCCCCCC/C=C\C/C=C\C/C=C\C/C=C\C/C=C\CC. The standard InChI is InChI=1S/C75H120O6/c1-4-7-10-13-16-19-22-25-27-29-31-33-34-35-36-37-38-39-40-42-43-45-47-50-53-56-59-62-65-68-74(77)80-71-72(70-79-73(76)67-64-61-58-55-52-49-24-21-18-15-12-9-6-3)81-75(78)69-66-63-60-57-54-51-48-46-44-41-32-30-28-26-23-20-17-14-11-8-5-2/h7-8,10-11,16-17,19-20,25-28,31-33,35-36,38-39,41-43,46-48,50,72H,4-6,9,12-15,18,21-24,29-30,34,37,40,44-45,49,51-71H2,1-3H3/b10-7-,11-8-,19-16-,20-17-,27-25-,28-26-,33-31-,36-35-,39-38-,41-32-,43-42-,48-46-,50-47-. The molecule has 0 aliphatic heterocycles. The van der Waals surface area contributed by atoms with Crippen LogP contribution in [0.25, 0.3) is 0 Å². The Morgan fingerprint density at radius 2 is 0.481 bits per heavy atom. The zero-order valence-corrected chi connectivity index (χ0v) is 52.2. The first kappa shape index (κ1) is 76.0. The van der Waals surface area contributed by atoms with E-state index in [9.17, 15) is 14.4 Å². The molecule has 456 valence electrons. The van der Waals surface area contributed by atoms with Crippen LogP contribution in [0.5, 0.6) is 0 Å². The fourth-order valence-electron chi connectivity index (χ4n) is 8.66. The minimum Gasteiger partial charge on any atom is -0.462 e. The number of allylic oxidation sites excluding steroid dienone is 26. The third-order valence-electron chi connectivity index (χ3n) is 13.5. The van der Waals surface area contributed by atoms with Crippen molar-refractivity contribution in [3.8, 4) is 0 Å². The van der Waals surface area contributed by atoms with Gasteiger partial charge in [0.25, 0.3) is 0 Å². The lowest BCUT2D eigenvalue weighted by molar-refractivity contribution is -0.167. The summed E-state index contributed by atoms with van der Waals surface area (Å²) in [5.41, 5.74) is 0. The van der Waals surface area contributed by atoms with Crippen molar-refractivity contribution in [2.45, 2.75) is 284 Å². The van der Waals surface area contributed by atoms with Crippen LogP contribution < -0.4 is 0 Å². The smallest absolute Gasteiger partial charge is 0.306 e. The molecule has 0 heterocycles. The van der Waals surface area contributed by atoms with E-state index < -0.39 is 6.10 Å². The summed E-state index contributed by atoms with van der Waals surface area (Å²) in [4.78, 5) is 38.3. The molecule has 81 heavy (non-hydrogen) atoms. The number of carbonyl (C=O) groups excluding carboxylic acids is 3. The maximum atomic E-state index is 12.9. The second-order valence-electron chi connectivity index (χ2n) is 21.3. The van der Waals surface area contributed by atoms with Gasteiger partial charge in [0.05, 0.1) is 0 Å². The second-order valence-corrected chi connectivity index (χ2v) is 21.3. The third kappa shape index (κ3) is 65.7. The molecule has 0 amide bonds. The van der Waals surface area contributed by atoms with Crippen LogP contribution in [0.15, 0.2) is 158 Å². The summed E-state index contributed by atoms with van der Waals surface area (Å²) in [6, 6.07) is 0. The Hall–Kier alpha value is -4.97. The summed E-state index contributed by atoms with van der Waals surface area (Å²) in [7, 11) is 0. The number of esters is 3. The van der Waals surface area contributed by atoms with Crippen molar-refractivity contribution in [2.24, 2.45) is 0 Å². The van der Waals surface area contributed by atoms with E-state index in [1.54, 1.807) is 0 Å². The average molecular weight is 1120 g/mol. The molecular formula is C75H120O6. The molecule has 0 aromatic heterocycles. The maximum Gasteiger partial charge on any atom is 0.306 e. The Bertz CT molecular complexity index is 1810. The van der Waals surface area contributed by atoms with Gasteiger partial charge in [-0.25, -0.2) is 0 Å². The van der Waals surface area contributed by atoms with E-state index >= 15 is 0 Å². The van der Waals surface area contributed by atoms with Crippen LogP contribution in [-0.2, 0) is 28.6 Å². The number of carbonyl (C=O) groups is 3. The molecule has 0 aromatic rings. The highest BCUT2D eigenvalue weighted by molar-refractivity contribution is 5.71. The molecule has 0 saturated carbocycles. The zero-order chi connectivity index (χ0) is 58.5. The lowest BCUT2D eigenvalue weighted by atomic mass is 10.0. The Morgan fingerprint density at radius 3 is 0.753 bits per heavy atom. The highest BCUT2D eigenvalue weighted by Gasteiger charge is 2.19. The predicted octanol–water partition coefficient (Wildman–Crippen LogP) is 22.9. The lowest BCUT2D eigenvalue weighted by Gasteiger charge is -2.18. The van der Waals surface area contributed by atoms with Crippen molar-refractivity contribution in [3.05, 3.63) is 158 Å². The number of unbranched alkanes of at least 4 members (excludes halogenated alkanes) is 21. The summed E-state index contributed by atoms with van der Waals surface area (Å²) in [6.07, 6.45) is 98.1. The van der Waals surface area contributed by atoms with Crippen LogP contribution in [0.3, 0.4) is 0 Å². The van der Waals surface area contributed by atoms with E-state index in [0.717, 1.165) is 173 Å². The molecule has 1 unspecified atom stereocenters. The highest BCUT2D eigenvalue weighted by Crippen LogP contribution is 2.15. The molecule has 0 spiro atoms. The van der Waals surface area contributed by atoms with Crippen LogP contribution in [-0.4, -0.2) is 37.2 Å². The predicted molar refractivity (Wildman–Crippen MR) is 352 cm³/mol. The number of hydrogen-bond donors (Lipinski definition) is 0. The summed E-state index contributed by atoms with van der Waals surface area (Å²) in [6.45, 7) is 6.38. The Labute approximate surface area is 499 Å². The summed E-state index contributed by atoms with van der Waals surface area (Å²) in [5, 5.41) is 0. The summed E-state index contributed by atoms with van der Waals surface area (Å²) >= 11 is 0. The maximum absolute atomic E-state index is 12.9. The van der Waals surface area contributed by atoms with Crippen molar-refractivity contribution in [1.29, 1.82) is 0 Å². The van der Waals surface area contributed by atoms with E-state index in [0.29, 0.717) is 19.3 Å².